The van der Waals surface area contributed by atoms with Gasteiger partial charge in [0.1, 0.15) is 12.6 Å². The number of halogens is 2. The average Bonchev–Trinajstić information content (AvgIpc) is 2.95. The Hall–Kier alpha value is -3.28. The van der Waals surface area contributed by atoms with Crippen molar-refractivity contribution in [1.82, 2.24) is 10.2 Å². The second-order valence-electron chi connectivity index (χ2n) is 8.72. The minimum Gasteiger partial charge on any atom is -0.493 e. The van der Waals surface area contributed by atoms with Crippen LogP contribution in [0.3, 0.4) is 0 Å². The van der Waals surface area contributed by atoms with Gasteiger partial charge < -0.3 is 19.7 Å². The molecule has 9 nitrogen and oxygen atoms in total. The molecule has 3 aromatic carbocycles. The zero-order chi connectivity index (χ0) is 29.4. The van der Waals surface area contributed by atoms with E-state index < -0.39 is 28.5 Å². The molecule has 0 aliphatic heterocycles. The highest BCUT2D eigenvalue weighted by Gasteiger charge is 2.33. The molecule has 3 rings (SSSR count). The van der Waals surface area contributed by atoms with E-state index in [0.717, 1.165) is 14.3 Å². The van der Waals surface area contributed by atoms with Gasteiger partial charge in [-0.25, -0.2) is 8.42 Å². The molecular formula is C28H31BrClN3O6S. The van der Waals surface area contributed by atoms with E-state index in [1.54, 1.807) is 13.8 Å². The van der Waals surface area contributed by atoms with Gasteiger partial charge in [0.2, 0.25) is 11.8 Å². The van der Waals surface area contributed by atoms with E-state index in [9.17, 15) is 18.0 Å². The minimum atomic E-state index is -4.29. The van der Waals surface area contributed by atoms with Crippen molar-refractivity contribution in [3.05, 3.63) is 81.8 Å². The molecule has 0 bridgehead atoms. The molecule has 1 atom stereocenters. The van der Waals surface area contributed by atoms with Crippen LogP contribution in [-0.2, 0) is 26.2 Å². The maximum Gasteiger partial charge on any atom is 0.264 e. The fourth-order valence-corrected chi connectivity index (χ4v) is 5.75. The van der Waals surface area contributed by atoms with Crippen LogP contribution in [0.2, 0.25) is 5.02 Å². The molecule has 0 saturated heterocycles. The summed E-state index contributed by atoms with van der Waals surface area (Å²) in [6, 6.07) is 16.7. The summed E-state index contributed by atoms with van der Waals surface area (Å²) in [7, 11) is -1.44. The molecule has 0 heterocycles. The largest absolute Gasteiger partial charge is 0.493 e. The van der Waals surface area contributed by atoms with Gasteiger partial charge in [0.15, 0.2) is 11.5 Å². The lowest BCUT2D eigenvalue weighted by Gasteiger charge is -2.32. The molecule has 3 aromatic rings. The Morgan fingerprint density at radius 1 is 0.975 bits per heavy atom. The Balaban J connectivity index is 2.06. The normalized spacial score (nSPS) is 11.8. The predicted octanol–water partition coefficient (Wildman–Crippen LogP) is 4.87. The number of ether oxygens (including phenoxy) is 2. The number of benzene rings is 3. The standard InChI is InChI=1S/C28H31BrClN3O6S/c1-5-31-28(35)19(2)32(17-20-6-8-21(29)9-7-20)27(34)18-33(23-12-10-22(30)11-13-23)40(36,37)24-14-15-25(38-3)26(16-24)39-4/h6-16,19H,5,17-18H2,1-4H3,(H,31,35)/t19-/m1/s1. The smallest absolute Gasteiger partial charge is 0.264 e. The van der Waals surface area contributed by atoms with Crippen molar-refractivity contribution in [2.24, 2.45) is 0 Å². The highest BCUT2D eigenvalue weighted by Crippen LogP contribution is 2.32. The van der Waals surface area contributed by atoms with E-state index in [0.29, 0.717) is 17.3 Å². The zero-order valence-corrected chi connectivity index (χ0v) is 25.7. The third-order valence-electron chi connectivity index (χ3n) is 6.12. The van der Waals surface area contributed by atoms with Crippen molar-refractivity contribution in [3.8, 4) is 11.5 Å². The van der Waals surface area contributed by atoms with Crippen LogP contribution in [0, 0.1) is 0 Å². The quantitative estimate of drug-likeness (QED) is 0.300. The van der Waals surface area contributed by atoms with E-state index >= 15 is 0 Å². The Labute approximate surface area is 248 Å². The SMILES string of the molecule is CCNC(=O)[C@@H](C)N(Cc1ccc(Br)cc1)C(=O)CN(c1ccc(Cl)cc1)S(=O)(=O)c1ccc(OC)c(OC)c1. The number of carbonyl (C=O) groups is 2. The van der Waals surface area contributed by atoms with Crippen LogP contribution in [0.1, 0.15) is 19.4 Å². The fraction of sp³-hybridized carbons (Fsp3) is 0.286. The van der Waals surface area contributed by atoms with Gasteiger partial charge in [-0.3, -0.25) is 13.9 Å². The Morgan fingerprint density at radius 2 is 1.60 bits per heavy atom. The number of hydrogen-bond donors (Lipinski definition) is 1. The number of nitrogens with one attached hydrogen (secondary N) is 1. The van der Waals surface area contributed by atoms with Gasteiger partial charge >= 0.3 is 0 Å². The third kappa shape index (κ3) is 7.47. The molecule has 0 saturated carbocycles. The Bertz CT molecular complexity index is 1440. The zero-order valence-electron chi connectivity index (χ0n) is 22.6. The average molecular weight is 653 g/mol. The molecule has 12 heteroatoms. The molecule has 2 amide bonds. The summed E-state index contributed by atoms with van der Waals surface area (Å²) in [6.07, 6.45) is 0. The fourth-order valence-electron chi connectivity index (χ4n) is 3.93. The number of rotatable bonds is 12. The first-order valence-corrected chi connectivity index (χ1v) is 14.9. The molecule has 0 aliphatic carbocycles. The first-order chi connectivity index (χ1) is 19.0. The molecule has 40 heavy (non-hydrogen) atoms. The van der Waals surface area contributed by atoms with Crippen molar-refractivity contribution in [2.75, 3.05) is 31.6 Å². The van der Waals surface area contributed by atoms with Crippen molar-refractivity contribution < 1.29 is 27.5 Å². The van der Waals surface area contributed by atoms with Crippen LogP contribution in [0.25, 0.3) is 0 Å². The molecule has 0 spiro atoms. The highest BCUT2D eigenvalue weighted by atomic mass is 79.9. The van der Waals surface area contributed by atoms with E-state index in [2.05, 4.69) is 21.2 Å². The second-order valence-corrected chi connectivity index (χ2v) is 11.9. The number of hydrogen-bond acceptors (Lipinski definition) is 6. The van der Waals surface area contributed by atoms with Gasteiger partial charge in [0.25, 0.3) is 10.0 Å². The first-order valence-electron chi connectivity index (χ1n) is 12.3. The van der Waals surface area contributed by atoms with Gasteiger partial charge in [-0.05, 0) is 67.9 Å². The number of anilines is 1. The Morgan fingerprint density at radius 3 is 2.17 bits per heavy atom. The molecule has 0 unspecified atom stereocenters. The van der Waals surface area contributed by atoms with E-state index in [1.807, 2.05) is 24.3 Å². The lowest BCUT2D eigenvalue weighted by atomic mass is 10.1. The molecule has 214 valence electrons. The number of methoxy groups -OCH3 is 2. The summed E-state index contributed by atoms with van der Waals surface area (Å²) >= 11 is 9.46. The van der Waals surface area contributed by atoms with Crippen LogP contribution >= 0.6 is 27.5 Å². The topological polar surface area (TPSA) is 105 Å². The lowest BCUT2D eigenvalue weighted by Crippen LogP contribution is -2.51. The number of carbonyl (C=O) groups excluding carboxylic acids is 2. The monoisotopic (exact) mass is 651 g/mol. The molecular weight excluding hydrogens is 622 g/mol. The predicted molar refractivity (Wildman–Crippen MR) is 158 cm³/mol. The van der Waals surface area contributed by atoms with Crippen LogP contribution in [0.4, 0.5) is 5.69 Å². The summed E-state index contributed by atoms with van der Waals surface area (Å²) in [5.41, 5.74) is 0.996. The molecule has 0 aromatic heterocycles. The van der Waals surface area contributed by atoms with Gasteiger partial charge in [0.05, 0.1) is 24.8 Å². The maximum atomic E-state index is 14.0. The van der Waals surface area contributed by atoms with Crippen LogP contribution in [0.15, 0.2) is 76.1 Å². The maximum absolute atomic E-state index is 14.0. The van der Waals surface area contributed by atoms with Gasteiger partial charge in [-0.2, -0.15) is 0 Å². The van der Waals surface area contributed by atoms with E-state index in [1.165, 1.54) is 61.6 Å². The molecule has 0 fully saturated rings. The van der Waals surface area contributed by atoms with Crippen molar-refractivity contribution in [3.63, 3.8) is 0 Å². The van der Waals surface area contributed by atoms with Crippen molar-refractivity contribution in [2.45, 2.75) is 31.3 Å². The van der Waals surface area contributed by atoms with Crippen molar-refractivity contribution >= 4 is 55.1 Å². The Kier molecular flexibility index (Phi) is 10.8. The molecule has 0 aliphatic rings. The van der Waals surface area contributed by atoms with E-state index in [-0.39, 0.29) is 28.8 Å². The van der Waals surface area contributed by atoms with Crippen LogP contribution in [-0.4, -0.2) is 58.5 Å². The van der Waals surface area contributed by atoms with Gasteiger partial charge in [-0.1, -0.05) is 39.7 Å². The minimum absolute atomic E-state index is 0.0925. The summed E-state index contributed by atoms with van der Waals surface area (Å²) in [6.45, 7) is 3.29. The third-order valence-corrected chi connectivity index (χ3v) is 8.67. The second kappa shape index (κ2) is 13.9. The number of amides is 2. The molecule has 1 N–H and O–H groups in total. The van der Waals surface area contributed by atoms with Gasteiger partial charge in [0, 0.05) is 28.7 Å². The number of nitrogens with zero attached hydrogens (tertiary/aromatic N) is 2. The first kappa shape index (κ1) is 31.3. The van der Waals surface area contributed by atoms with Crippen LogP contribution in [0.5, 0.6) is 11.5 Å². The van der Waals surface area contributed by atoms with Crippen LogP contribution < -0.4 is 19.1 Å². The molecule has 0 radical (unpaired) electrons. The lowest BCUT2D eigenvalue weighted by molar-refractivity contribution is -0.139. The summed E-state index contributed by atoms with van der Waals surface area (Å²) in [5, 5.41) is 3.14. The number of sulfonamides is 1. The van der Waals surface area contributed by atoms with Gasteiger partial charge in [-0.15, -0.1) is 0 Å². The summed E-state index contributed by atoms with van der Waals surface area (Å²) in [4.78, 5) is 27.9. The van der Waals surface area contributed by atoms with E-state index in [4.69, 9.17) is 21.1 Å². The van der Waals surface area contributed by atoms with Crippen molar-refractivity contribution in [1.29, 1.82) is 0 Å². The highest BCUT2D eigenvalue weighted by molar-refractivity contribution is 9.10. The number of likely N-dealkylation sites (N-methyl/N-ethyl adjacent to an activating group) is 1. The summed E-state index contributed by atoms with van der Waals surface area (Å²) < 4.78 is 40.4. The summed E-state index contributed by atoms with van der Waals surface area (Å²) in [5.74, 6) is -0.353.